The molecule has 0 N–H and O–H groups in total. The van der Waals surface area contributed by atoms with Crippen LogP contribution in [0, 0.1) is 0 Å². The van der Waals surface area contributed by atoms with Crippen LogP contribution in [-0.2, 0) is 4.43 Å². The molecule has 1 nitrogen and oxygen atoms in total. The lowest BCUT2D eigenvalue weighted by molar-refractivity contribution is 0.300. The first kappa shape index (κ1) is 19.4. The minimum atomic E-state index is -2.62. The van der Waals surface area contributed by atoms with E-state index in [1.165, 1.54) is 21.1 Å². The number of hydrogen-bond acceptors (Lipinski definition) is 1. The fourth-order valence-corrected chi connectivity index (χ4v) is 7.88. The van der Waals surface area contributed by atoms with Crippen molar-refractivity contribution in [3.05, 3.63) is 127 Å². The van der Waals surface area contributed by atoms with Crippen molar-refractivity contribution in [2.75, 3.05) is 6.61 Å². The normalized spacial score (nSPS) is 12.4. The first-order chi connectivity index (χ1) is 14.3. The van der Waals surface area contributed by atoms with E-state index in [-0.39, 0.29) is 0 Å². The van der Waals surface area contributed by atoms with Gasteiger partial charge in [-0.25, -0.2) is 0 Å². The second kappa shape index (κ2) is 9.04. The highest BCUT2D eigenvalue weighted by Crippen LogP contribution is 2.18. The lowest BCUT2D eigenvalue weighted by atomic mass is 10.0. The highest BCUT2D eigenvalue weighted by atomic mass is 28.4. The van der Waals surface area contributed by atoms with E-state index in [1.54, 1.807) is 0 Å². The van der Waals surface area contributed by atoms with E-state index in [0.717, 1.165) is 0 Å². The summed E-state index contributed by atoms with van der Waals surface area (Å²) in [7, 11) is -2.62. The summed E-state index contributed by atoms with van der Waals surface area (Å²) < 4.78 is 7.04. The Kier molecular flexibility index (Phi) is 6.04. The molecule has 0 aromatic heterocycles. The van der Waals surface area contributed by atoms with Crippen molar-refractivity contribution in [3.63, 3.8) is 0 Å². The van der Waals surface area contributed by atoms with Gasteiger partial charge in [0.05, 0.1) is 0 Å². The molecule has 2 heteroatoms. The molecular weight excluding hydrogens is 368 g/mol. The van der Waals surface area contributed by atoms with Gasteiger partial charge in [-0.05, 0) is 21.1 Å². The minimum absolute atomic E-state index is 0.319. The molecule has 0 spiro atoms. The Morgan fingerprint density at radius 1 is 0.552 bits per heavy atom. The van der Waals surface area contributed by atoms with Gasteiger partial charge < -0.3 is 4.43 Å². The van der Waals surface area contributed by atoms with Crippen LogP contribution in [0.5, 0.6) is 0 Å². The number of benzene rings is 4. The van der Waals surface area contributed by atoms with Crippen LogP contribution in [0.1, 0.15) is 18.4 Å². The van der Waals surface area contributed by atoms with E-state index in [0.29, 0.717) is 12.5 Å². The second-order valence-electron chi connectivity index (χ2n) is 7.40. The van der Waals surface area contributed by atoms with Crippen LogP contribution in [0.3, 0.4) is 0 Å². The van der Waals surface area contributed by atoms with E-state index in [4.69, 9.17) is 4.43 Å². The van der Waals surface area contributed by atoms with Gasteiger partial charge >= 0.3 is 0 Å². The average molecular weight is 395 g/mol. The van der Waals surface area contributed by atoms with Crippen molar-refractivity contribution < 1.29 is 4.43 Å². The minimum Gasteiger partial charge on any atom is -0.404 e. The molecule has 0 bridgehead atoms. The van der Waals surface area contributed by atoms with Crippen LogP contribution in [0.25, 0.3) is 0 Å². The molecule has 0 aliphatic carbocycles. The summed E-state index contributed by atoms with van der Waals surface area (Å²) in [5.41, 5.74) is 1.31. The third kappa shape index (κ3) is 4.09. The summed E-state index contributed by atoms with van der Waals surface area (Å²) in [6.45, 7) is 2.92. The average Bonchev–Trinajstić information content (AvgIpc) is 2.82. The summed E-state index contributed by atoms with van der Waals surface area (Å²) >= 11 is 0. The molecule has 0 heterocycles. The lowest BCUT2D eigenvalue weighted by Gasteiger charge is -2.34. The fraction of sp³-hybridized carbons (Fsp3) is 0.111. The zero-order valence-corrected chi connectivity index (χ0v) is 17.7. The van der Waals surface area contributed by atoms with Gasteiger partial charge in [-0.3, -0.25) is 0 Å². The van der Waals surface area contributed by atoms with E-state index in [1.807, 2.05) is 0 Å². The molecule has 4 aromatic carbocycles. The third-order valence-electron chi connectivity index (χ3n) is 5.46. The van der Waals surface area contributed by atoms with Crippen molar-refractivity contribution in [3.8, 4) is 0 Å². The molecule has 0 aliphatic rings. The predicted molar refractivity (Wildman–Crippen MR) is 125 cm³/mol. The first-order valence-electron chi connectivity index (χ1n) is 10.2. The maximum absolute atomic E-state index is 7.04. The number of hydrogen-bond donors (Lipinski definition) is 0. The monoisotopic (exact) mass is 394 g/mol. The van der Waals surface area contributed by atoms with Crippen molar-refractivity contribution in [2.24, 2.45) is 0 Å². The fourth-order valence-electron chi connectivity index (χ4n) is 3.90. The summed E-state index contributed by atoms with van der Waals surface area (Å²) in [6.07, 6.45) is 0. The van der Waals surface area contributed by atoms with Gasteiger partial charge in [0.2, 0.25) is 0 Å². The Balaban J connectivity index is 1.82. The maximum atomic E-state index is 7.04. The SMILES string of the molecule is CC(CO[Si](c1ccccc1)(c1ccccc1)c1ccccc1)c1ccccc1. The molecule has 0 saturated carbocycles. The molecule has 1 atom stereocenters. The Morgan fingerprint density at radius 2 is 0.897 bits per heavy atom. The standard InChI is InChI=1S/C27H26OSi/c1-23(24-14-6-2-7-15-24)22-28-29(25-16-8-3-9-17-25,26-18-10-4-11-19-26)27-20-12-5-13-21-27/h2-21,23H,22H2,1H3. The highest BCUT2D eigenvalue weighted by molar-refractivity contribution is 7.07. The largest absolute Gasteiger partial charge is 0.404 e. The van der Waals surface area contributed by atoms with Gasteiger partial charge in [0.15, 0.2) is 0 Å². The topological polar surface area (TPSA) is 9.23 Å². The van der Waals surface area contributed by atoms with E-state index in [9.17, 15) is 0 Å². The third-order valence-corrected chi connectivity index (χ3v) is 9.50. The Bertz CT molecular complexity index is 905. The van der Waals surface area contributed by atoms with Gasteiger partial charge in [-0.15, -0.1) is 0 Å². The molecule has 29 heavy (non-hydrogen) atoms. The van der Waals surface area contributed by atoms with Crippen LogP contribution in [-0.4, -0.2) is 14.9 Å². The smallest absolute Gasteiger partial charge is 0.288 e. The summed E-state index contributed by atoms with van der Waals surface area (Å²) in [5, 5.41) is 3.83. The molecular formula is C27H26OSi. The van der Waals surface area contributed by atoms with Crippen LogP contribution < -0.4 is 15.6 Å². The van der Waals surface area contributed by atoms with Gasteiger partial charge in [-0.2, -0.15) is 0 Å². The molecule has 4 aromatic rings. The van der Waals surface area contributed by atoms with Crippen LogP contribution in [0.15, 0.2) is 121 Å². The summed E-state index contributed by atoms with van der Waals surface area (Å²) in [5.74, 6) is 0.319. The summed E-state index contributed by atoms with van der Waals surface area (Å²) in [6, 6.07) is 42.9. The molecule has 0 amide bonds. The van der Waals surface area contributed by atoms with Gasteiger partial charge in [0, 0.05) is 12.5 Å². The molecule has 0 saturated heterocycles. The zero-order chi connectivity index (χ0) is 19.9. The molecule has 1 unspecified atom stereocenters. The lowest BCUT2D eigenvalue weighted by Crippen LogP contribution is -2.69. The van der Waals surface area contributed by atoms with Crippen molar-refractivity contribution in [2.45, 2.75) is 12.8 Å². The number of rotatable bonds is 7. The molecule has 144 valence electrons. The molecule has 0 aliphatic heterocycles. The highest BCUT2D eigenvalue weighted by Gasteiger charge is 2.42. The molecule has 0 radical (unpaired) electrons. The second-order valence-corrected chi connectivity index (χ2v) is 10.8. The van der Waals surface area contributed by atoms with E-state index < -0.39 is 8.32 Å². The Labute approximate surface area is 174 Å². The van der Waals surface area contributed by atoms with Gasteiger partial charge in [0.1, 0.15) is 0 Å². The van der Waals surface area contributed by atoms with E-state index in [2.05, 4.69) is 128 Å². The van der Waals surface area contributed by atoms with Crippen LogP contribution in [0.4, 0.5) is 0 Å². The Morgan fingerprint density at radius 3 is 1.28 bits per heavy atom. The van der Waals surface area contributed by atoms with Gasteiger partial charge in [0.25, 0.3) is 8.32 Å². The van der Waals surface area contributed by atoms with Crippen molar-refractivity contribution in [1.82, 2.24) is 0 Å². The van der Waals surface area contributed by atoms with Gasteiger partial charge in [-0.1, -0.05) is 128 Å². The summed E-state index contributed by atoms with van der Waals surface area (Å²) in [4.78, 5) is 0. The van der Waals surface area contributed by atoms with Crippen molar-refractivity contribution >= 4 is 23.9 Å². The predicted octanol–water partition coefficient (Wildman–Crippen LogP) is 4.47. The quantitative estimate of drug-likeness (QED) is 0.332. The maximum Gasteiger partial charge on any atom is 0.288 e. The molecule has 4 rings (SSSR count). The zero-order valence-electron chi connectivity index (χ0n) is 16.7. The van der Waals surface area contributed by atoms with Crippen molar-refractivity contribution in [1.29, 1.82) is 0 Å². The Hall–Kier alpha value is -2.94. The van der Waals surface area contributed by atoms with E-state index >= 15 is 0 Å². The van der Waals surface area contributed by atoms with Crippen LogP contribution >= 0.6 is 0 Å². The first-order valence-corrected chi connectivity index (χ1v) is 12.1. The van der Waals surface area contributed by atoms with Crippen LogP contribution in [0.2, 0.25) is 0 Å². The molecule has 0 fully saturated rings.